The van der Waals surface area contributed by atoms with E-state index in [0.29, 0.717) is 37.6 Å². The van der Waals surface area contributed by atoms with Gasteiger partial charge in [-0.25, -0.2) is 0 Å². The van der Waals surface area contributed by atoms with Crippen molar-refractivity contribution in [2.45, 2.75) is 26.7 Å². The SMILES string of the molecule is CCNC(=NCCNC(=O)c1ccc(OC)cc1)N1CCCC(C(=O)OCC)C1.I. The summed E-state index contributed by atoms with van der Waals surface area (Å²) in [6, 6.07) is 6.97. The van der Waals surface area contributed by atoms with Crippen LogP contribution in [0.5, 0.6) is 5.75 Å². The van der Waals surface area contributed by atoms with E-state index in [1.54, 1.807) is 31.4 Å². The second-order valence-corrected chi connectivity index (χ2v) is 6.76. The van der Waals surface area contributed by atoms with E-state index in [4.69, 9.17) is 9.47 Å². The number of esters is 1. The van der Waals surface area contributed by atoms with Crippen molar-refractivity contribution in [3.8, 4) is 5.75 Å². The van der Waals surface area contributed by atoms with E-state index < -0.39 is 0 Å². The highest BCUT2D eigenvalue weighted by atomic mass is 127. The van der Waals surface area contributed by atoms with Gasteiger partial charge in [-0.05, 0) is 51.0 Å². The lowest BCUT2D eigenvalue weighted by Gasteiger charge is -2.34. The van der Waals surface area contributed by atoms with Crippen molar-refractivity contribution >= 4 is 41.8 Å². The minimum Gasteiger partial charge on any atom is -0.497 e. The van der Waals surface area contributed by atoms with Crippen molar-refractivity contribution in [2.24, 2.45) is 10.9 Å². The van der Waals surface area contributed by atoms with Crippen LogP contribution in [-0.4, -0.2) is 69.2 Å². The van der Waals surface area contributed by atoms with Gasteiger partial charge in [-0.15, -0.1) is 24.0 Å². The maximum absolute atomic E-state index is 12.2. The third-order valence-electron chi connectivity index (χ3n) is 4.69. The molecular formula is C21H33IN4O4. The molecule has 0 saturated carbocycles. The lowest BCUT2D eigenvalue weighted by Crippen LogP contribution is -2.48. The Morgan fingerprint density at radius 2 is 1.93 bits per heavy atom. The Morgan fingerprint density at radius 3 is 2.57 bits per heavy atom. The molecule has 1 aromatic carbocycles. The third kappa shape index (κ3) is 8.00. The highest BCUT2D eigenvalue weighted by molar-refractivity contribution is 14.0. The number of ether oxygens (including phenoxy) is 2. The minimum atomic E-state index is -0.145. The number of rotatable bonds is 8. The maximum atomic E-state index is 12.2. The van der Waals surface area contributed by atoms with Crippen LogP contribution < -0.4 is 15.4 Å². The number of aliphatic imine (C=N–C) groups is 1. The van der Waals surface area contributed by atoms with Crippen molar-refractivity contribution in [1.29, 1.82) is 0 Å². The van der Waals surface area contributed by atoms with E-state index in [1.165, 1.54) is 0 Å². The summed E-state index contributed by atoms with van der Waals surface area (Å²) in [5.74, 6) is 1.07. The first-order chi connectivity index (χ1) is 14.1. The average Bonchev–Trinajstić information content (AvgIpc) is 2.76. The van der Waals surface area contributed by atoms with Crippen LogP contribution in [0, 0.1) is 5.92 Å². The molecule has 1 amide bonds. The molecule has 1 aliphatic rings. The molecule has 1 fully saturated rings. The molecule has 0 aromatic heterocycles. The molecule has 168 valence electrons. The largest absolute Gasteiger partial charge is 0.497 e. The molecule has 1 unspecified atom stereocenters. The Bertz CT molecular complexity index is 697. The molecular weight excluding hydrogens is 499 g/mol. The van der Waals surface area contributed by atoms with Crippen molar-refractivity contribution in [2.75, 3.05) is 46.4 Å². The number of hydrogen-bond donors (Lipinski definition) is 2. The second kappa shape index (κ2) is 14.1. The molecule has 1 heterocycles. The van der Waals surface area contributed by atoms with Crippen LogP contribution in [-0.2, 0) is 9.53 Å². The Balaban J connectivity index is 0.00000450. The molecule has 1 aromatic rings. The third-order valence-corrected chi connectivity index (χ3v) is 4.69. The van der Waals surface area contributed by atoms with Gasteiger partial charge in [-0.1, -0.05) is 0 Å². The molecule has 1 aliphatic heterocycles. The van der Waals surface area contributed by atoms with Gasteiger partial charge in [-0.3, -0.25) is 14.6 Å². The highest BCUT2D eigenvalue weighted by Crippen LogP contribution is 2.18. The quantitative estimate of drug-likeness (QED) is 0.176. The lowest BCUT2D eigenvalue weighted by molar-refractivity contribution is -0.149. The smallest absolute Gasteiger partial charge is 0.310 e. The number of carbonyl (C=O) groups excluding carboxylic acids is 2. The van der Waals surface area contributed by atoms with Crippen LogP contribution in [0.25, 0.3) is 0 Å². The first kappa shape index (κ1) is 26.0. The average molecular weight is 532 g/mol. The van der Waals surface area contributed by atoms with Crippen LogP contribution in [0.3, 0.4) is 0 Å². The number of guanidine groups is 1. The standard InChI is InChI=1S/C21H32N4O4.HI/c1-4-22-21(25-14-6-7-17(15-25)20(27)29-5-2)24-13-12-23-19(26)16-8-10-18(28-3)11-9-16;/h8-11,17H,4-7,12-15H2,1-3H3,(H,22,24)(H,23,26);1H. The fourth-order valence-electron chi connectivity index (χ4n) is 3.22. The number of nitrogens with one attached hydrogen (secondary N) is 2. The van der Waals surface area contributed by atoms with Crippen LogP contribution in [0.15, 0.2) is 29.3 Å². The van der Waals surface area contributed by atoms with E-state index in [0.717, 1.165) is 31.9 Å². The van der Waals surface area contributed by atoms with Crippen LogP contribution in [0.2, 0.25) is 0 Å². The maximum Gasteiger partial charge on any atom is 0.310 e. The van der Waals surface area contributed by atoms with Gasteiger partial charge >= 0.3 is 5.97 Å². The van der Waals surface area contributed by atoms with Gasteiger partial charge in [0.1, 0.15) is 5.75 Å². The minimum absolute atomic E-state index is 0. The molecule has 1 saturated heterocycles. The zero-order chi connectivity index (χ0) is 21.1. The van der Waals surface area contributed by atoms with E-state index >= 15 is 0 Å². The summed E-state index contributed by atoms with van der Waals surface area (Å²) >= 11 is 0. The summed E-state index contributed by atoms with van der Waals surface area (Å²) in [4.78, 5) is 31.0. The Kier molecular flexibility index (Phi) is 12.2. The van der Waals surface area contributed by atoms with Gasteiger partial charge in [0.2, 0.25) is 0 Å². The van der Waals surface area contributed by atoms with Crippen molar-refractivity contribution in [1.82, 2.24) is 15.5 Å². The number of amides is 1. The summed E-state index contributed by atoms with van der Waals surface area (Å²) in [6.07, 6.45) is 1.76. The molecule has 8 nitrogen and oxygen atoms in total. The molecule has 0 spiro atoms. The van der Waals surface area contributed by atoms with Gasteiger partial charge in [0.05, 0.1) is 26.2 Å². The van der Waals surface area contributed by atoms with Crippen LogP contribution in [0.1, 0.15) is 37.0 Å². The number of piperidine rings is 1. The Hall–Kier alpha value is -2.04. The predicted octanol–water partition coefficient (Wildman–Crippen LogP) is 2.28. The van der Waals surface area contributed by atoms with Gasteiger partial charge in [0, 0.05) is 31.7 Å². The highest BCUT2D eigenvalue weighted by Gasteiger charge is 2.28. The second-order valence-electron chi connectivity index (χ2n) is 6.76. The summed E-state index contributed by atoms with van der Waals surface area (Å²) < 4.78 is 10.3. The fraction of sp³-hybridized carbons (Fsp3) is 0.571. The summed E-state index contributed by atoms with van der Waals surface area (Å²) in [5, 5.41) is 6.15. The molecule has 30 heavy (non-hydrogen) atoms. The number of nitrogens with zero attached hydrogens (tertiary/aromatic N) is 2. The fourth-order valence-corrected chi connectivity index (χ4v) is 3.22. The van der Waals surface area contributed by atoms with Gasteiger partial charge < -0.3 is 25.0 Å². The van der Waals surface area contributed by atoms with Crippen molar-refractivity contribution in [3.05, 3.63) is 29.8 Å². The number of methoxy groups -OCH3 is 1. The first-order valence-corrected chi connectivity index (χ1v) is 10.2. The first-order valence-electron chi connectivity index (χ1n) is 10.2. The molecule has 2 N–H and O–H groups in total. The summed E-state index contributed by atoms with van der Waals surface area (Å²) in [6.45, 7) is 7.29. The van der Waals surface area contributed by atoms with E-state index in [9.17, 15) is 9.59 Å². The van der Waals surface area contributed by atoms with Gasteiger partial charge in [0.25, 0.3) is 5.91 Å². The zero-order valence-corrected chi connectivity index (χ0v) is 20.3. The number of hydrogen-bond acceptors (Lipinski definition) is 5. The molecule has 0 radical (unpaired) electrons. The summed E-state index contributed by atoms with van der Waals surface area (Å²) in [7, 11) is 1.59. The number of halogens is 1. The van der Waals surface area contributed by atoms with Crippen LogP contribution >= 0.6 is 24.0 Å². The normalized spacial score (nSPS) is 16.3. The monoisotopic (exact) mass is 532 g/mol. The number of carbonyl (C=O) groups is 2. The Labute approximate surface area is 195 Å². The molecule has 1 atom stereocenters. The van der Waals surface area contributed by atoms with E-state index in [-0.39, 0.29) is 41.8 Å². The van der Waals surface area contributed by atoms with Crippen molar-refractivity contribution in [3.63, 3.8) is 0 Å². The number of likely N-dealkylation sites (tertiary alicyclic amines) is 1. The zero-order valence-electron chi connectivity index (χ0n) is 18.0. The van der Waals surface area contributed by atoms with Crippen LogP contribution in [0.4, 0.5) is 0 Å². The topological polar surface area (TPSA) is 92.3 Å². The number of benzene rings is 1. The predicted molar refractivity (Wildman–Crippen MR) is 128 cm³/mol. The lowest BCUT2D eigenvalue weighted by atomic mass is 9.98. The molecule has 9 heteroatoms. The molecule has 0 aliphatic carbocycles. The molecule has 2 rings (SSSR count). The Morgan fingerprint density at radius 1 is 1.20 bits per heavy atom. The van der Waals surface area contributed by atoms with Gasteiger partial charge in [0.15, 0.2) is 5.96 Å². The van der Waals surface area contributed by atoms with Crippen molar-refractivity contribution < 1.29 is 19.1 Å². The van der Waals surface area contributed by atoms with E-state index in [1.807, 2.05) is 13.8 Å². The summed E-state index contributed by atoms with van der Waals surface area (Å²) in [5.41, 5.74) is 0.579. The molecule has 0 bridgehead atoms. The van der Waals surface area contributed by atoms with Gasteiger partial charge in [-0.2, -0.15) is 0 Å². The van der Waals surface area contributed by atoms with E-state index in [2.05, 4.69) is 20.5 Å².